The zero-order valence-electron chi connectivity index (χ0n) is 27.9. The summed E-state index contributed by atoms with van der Waals surface area (Å²) in [6, 6.07) is 0. The molecule has 3 N–H and O–H groups in total. The maximum atomic E-state index is 10.9. The normalized spacial score (nSPS) is 29.2. The molecule has 0 radical (unpaired) electrons. The van der Waals surface area contributed by atoms with Gasteiger partial charge in [-0.15, -0.1) is 0 Å². The molecule has 5 aliphatic rings. The fourth-order valence-electron chi connectivity index (χ4n) is 8.69. The van der Waals surface area contributed by atoms with Crippen molar-refractivity contribution in [3.05, 3.63) is 82.0 Å². The summed E-state index contributed by atoms with van der Waals surface area (Å²) in [7, 11) is 0. The molecule has 0 aromatic heterocycles. The third-order valence-electron chi connectivity index (χ3n) is 11.4. The van der Waals surface area contributed by atoms with Gasteiger partial charge in [0.2, 0.25) is 0 Å². The van der Waals surface area contributed by atoms with Gasteiger partial charge in [-0.3, -0.25) is 0 Å². The van der Waals surface area contributed by atoms with E-state index < -0.39 is 11.9 Å². The lowest BCUT2D eigenvalue weighted by Gasteiger charge is -2.37. The van der Waals surface area contributed by atoms with E-state index in [0.717, 1.165) is 62.4 Å². The average molecular weight is 601 g/mol. The number of aliphatic hydroxyl groups excluding tert-OH is 1. The number of fused-ring (bicyclic) bond motifs is 1. The largest absolute Gasteiger partial charge is 0.386 e. The van der Waals surface area contributed by atoms with Gasteiger partial charge in [-0.25, -0.2) is 0 Å². The summed E-state index contributed by atoms with van der Waals surface area (Å²) in [6.07, 6.45) is 37.7. The minimum Gasteiger partial charge on any atom is -0.386 e. The summed E-state index contributed by atoms with van der Waals surface area (Å²) >= 11 is 0. The minimum atomic E-state index is -1.16. The first-order chi connectivity index (χ1) is 21.2. The van der Waals surface area contributed by atoms with E-state index in [4.69, 9.17) is 0 Å². The Morgan fingerprint density at radius 2 is 1.70 bits per heavy atom. The molecule has 0 amide bonds. The van der Waals surface area contributed by atoms with Gasteiger partial charge in [-0.2, -0.15) is 0 Å². The molecule has 0 aliphatic heterocycles. The van der Waals surface area contributed by atoms with Crippen LogP contribution < -0.4 is 0 Å². The summed E-state index contributed by atoms with van der Waals surface area (Å²) in [5, 5.41) is 29.8. The molecule has 3 heteroatoms. The Bertz CT molecular complexity index is 1200. The monoisotopic (exact) mass is 600 g/mol. The summed E-state index contributed by atoms with van der Waals surface area (Å²) in [5.74, 6) is 3.11. The van der Waals surface area contributed by atoms with E-state index in [-0.39, 0.29) is 0 Å². The zero-order valence-corrected chi connectivity index (χ0v) is 27.9. The van der Waals surface area contributed by atoms with Crippen molar-refractivity contribution in [2.75, 3.05) is 0 Å². The Morgan fingerprint density at radius 1 is 0.909 bits per heavy atom. The number of aliphatic hydroxyl groups is 3. The highest BCUT2D eigenvalue weighted by Gasteiger charge is 2.32. The zero-order chi connectivity index (χ0) is 31.1. The quantitative estimate of drug-likeness (QED) is 0.146. The van der Waals surface area contributed by atoms with Gasteiger partial charge in [-0.1, -0.05) is 78.2 Å². The van der Waals surface area contributed by atoms with E-state index in [1.807, 2.05) is 13.8 Å². The van der Waals surface area contributed by atoms with Crippen LogP contribution in [0.4, 0.5) is 0 Å². The maximum absolute atomic E-state index is 10.9. The third kappa shape index (κ3) is 9.30. The van der Waals surface area contributed by atoms with Gasteiger partial charge in [0, 0.05) is 6.42 Å². The van der Waals surface area contributed by atoms with Crippen LogP contribution in [0.1, 0.15) is 130 Å². The van der Waals surface area contributed by atoms with Crippen molar-refractivity contribution in [1.29, 1.82) is 0 Å². The van der Waals surface area contributed by atoms with Crippen LogP contribution in [0.15, 0.2) is 82.0 Å². The minimum absolute atomic E-state index is 0.482. The maximum Gasteiger partial charge on any atom is 0.151 e. The van der Waals surface area contributed by atoms with Crippen molar-refractivity contribution in [3.8, 4) is 0 Å². The molecule has 0 aromatic carbocycles. The number of hydrogen-bond acceptors (Lipinski definition) is 3. The van der Waals surface area contributed by atoms with Crippen molar-refractivity contribution in [2.24, 2.45) is 29.6 Å². The van der Waals surface area contributed by atoms with E-state index in [1.54, 1.807) is 11.1 Å². The number of allylic oxidation sites excluding steroid dienone is 12. The third-order valence-corrected chi connectivity index (χ3v) is 11.4. The second-order valence-corrected chi connectivity index (χ2v) is 15.3. The van der Waals surface area contributed by atoms with E-state index >= 15 is 0 Å². The highest BCUT2D eigenvalue weighted by Crippen LogP contribution is 2.42. The van der Waals surface area contributed by atoms with Gasteiger partial charge in [0.1, 0.15) is 0 Å². The lowest BCUT2D eigenvalue weighted by Crippen LogP contribution is -2.29. The topological polar surface area (TPSA) is 60.7 Å². The number of rotatable bonds is 13. The van der Waals surface area contributed by atoms with Gasteiger partial charge in [0.25, 0.3) is 0 Å². The van der Waals surface area contributed by atoms with Gasteiger partial charge >= 0.3 is 0 Å². The molecule has 242 valence electrons. The molecular weight excluding hydrogens is 540 g/mol. The first kappa shape index (κ1) is 33.4. The number of hydrogen-bond donors (Lipinski definition) is 3. The predicted octanol–water partition coefficient (Wildman–Crippen LogP) is 9.98. The van der Waals surface area contributed by atoms with Crippen LogP contribution in [0.2, 0.25) is 0 Å². The lowest BCUT2D eigenvalue weighted by atomic mass is 9.69. The van der Waals surface area contributed by atoms with Crippen LogP contribution in [0.25, 0.3) is 0 Å². The molecule has 5 rings (SSSR count). The molecule has 1 saturated carbocycles. The van der Waals surface area contributed by atoms with E-state index in [2.05, 4.69) is 55.5 Å². The van der Waals surface area contributed by atoms with E-state index in [9.17, 15) is 15.3 Å². The smallest absolute Gasteiger partial charge is 0.151 e. The lowest BCUT2D eigenvalue weighted by molar-refractivity contribution is -0.0736. The molecule has 0 heterocycles. The highest BCUT2D eigenvalue weighted by atomic mass is 16.5. The first-order valence-corrected chi connectivity index (χ1v) is 18.1. The van der Waals surface area contributed by atoms with Crippen molar-refractivity contribution in [3.63, 3.8) is 0 Å². The molecule has 0 aromatic rings. The van der Waals surface area contributed by atoms with Crippen molar-refractivity contribution >= 4 is 0 Å². The fourth-order valence-corrected chi connectivity index (χ4v) is 8.69. The Balaban J connectivity index is 1.23. The molecule has 0 bridgehead atoms. The van der Waals surface area contributed by atoms with Crippen LogP contribution >= 0.6 is 0 Å². The summed E-state index contributed by atoms with van der Waals surface area (Å²) in [4.78, 5) is 0. The average Bonchev–Trinajstić information content (AvgIpc) is 3.19. The molecule has 5 aliphatic carbocycles. The van der Waals surface area contributed by atoms with Gasteiger partial charge in [-0.05, 0) is 157 Å². The molecule has 0 saturated heterocycles. The molecule has 0 spiro atoms. The van der Waals surface area contributed by atoms with Crippen LogP contribution in [0.5, 0.6) is 0 Å². The molecule has 1 fully saturated rings. The predicted molar refractivity (Wildman–Crippen MR) is 184 cm³/mol. The van der Waals surface area contributed by atoms with Gasteiger partial charge < -0.3 is 15.3 Å². The van der Waals surface area contributed by atoms with Crippen molar-refractivity contribution < 1.29 is 15.3 Å². The van der Waals surface area contributed by atoms with Crippen LogP contribution in [0.3, 0.4) is 0 Å². The second-order valence-electron chi connectivity index (χ2n) is 15.3. The van der Waals surface area contributed by atoms with Gasteiger partial charge in [0.05, 0.1) is 5.60 Å². The van der Waals surface area contributed by atoms with Crippen molar-refractivity contribution in [2.45, 2.75) is 142 Å². The van der Waals surface area contributed by atoms with E-state index in [0.29, 0.717) is 24.2 Å². The molecule has 44 heavy (non-hydrogen) atoms. The Kier molecular flexibility index (Phi) is 11.8. The summed E-state index contributed by atoms with van der Waals surface area (Å²) in [5.41, 5.74) is 7.91. The van der Waals surface area contributed by atoms with Crippen LogP contribution in [-0.2, 0) is 0 Å². The summed E-state index contributed by atoms with van der Waals surface area (Å²) in [6.45, 7) is 6.16. The van der Waals surface area contributed by atoms with E-state index in [1.165, 1.54) is 74.5 Å². The molecule has 3 nitrogen and oxygen atoms in total. The molecular formula is C41H60O3. The SMILES string of the molecule is CC1=CC2CC/C(=C/CC3=CC([C@H](CCCC4CCC4CC(O)O)CCC4=CCCC=C4C(C)(C)O)=CCC3)C=CC2CC1. The standard InChI is InChI=1S/C41H60O3/c1-29-14-19-34-20-17-30(18-21-37(34)26-29)15-16-31-8-6-12-36(27-31)32(10-7-11-33-23-25-38(33)28-40(42)43)22-24-35-9-4-5-13-39(35)41(2,3)44/h9,12-13,15,17,20,26-27,32-34,37-38,40,42-44H,4-8,10-11,14,16,18-19,21-25,28H2,1-3H3/b30-15+/t32-,33?,34?,37?,38?/m1/s1. The molecule has 5 atom stereocenters. The highest BCUT2D eigenvalue weighted by molar-refractivity contribution is 5.40. The summed E-state index contributed by atoms with van der Waals surface area (Å²) < 4.78 is 0. The Hall–Kier alpha value is -1.94. The van der Waals surface area contributed by atoms with Gasteiger partial charge in [0.15, 0.2) is 6.29 Å². The molecule has 4 unspecified atom stereocenters. The first-order valence-electron chi connectivity index (χ1n) is 18.1. The Morgan fingerprint density at radius 3 is 2.48 bits per heavy atom. The van der Waals surface area contributed by atoms with Crippen molar-refractivity contribution in [1.82, 2.24) is 0 Å². The fraction of sp³-hybridized carbons (Fsp3) is 0.659. The Labute approximate surface area is 268 Å². The van der Waals surface area contributed by atoms with Crippen LogP contribution in [-0.4, -0.2) is 27.2 Å². The second kappa shape index (κ2) is 15.6. The van der Waals surface area contributed by atoms with Crippen LogP contribution in [0, 0.1) is 29.6 Å².